The molecule has 0 atom stereocenters. The van der Waals surface area contributed by atoms with Crippen molar-refractivity contribution in [2.45, 2.75) is 0 Å². The minimum absolute atomic E-state index is 0.0485. The Morgan fingerprint density at radius 1 is 0.771 bits per heavy atom. The largest absolute Gasteiger partial charge is 0.337 e. The number of hydrogen-bond acceptors (Lipinski definition) is 4. The quantitative estimate of drug-likeness (QED) is 0.173. The first-order chi connectivity index (χ1) is 17.0. The summed E-state index contributed by atoms with van der Waals surface area (Å²) in [6, 6.07) is 28.3. The molecule has 1 heterocycles. The maximum atomic E-state index is 13.2. The molecule has 0 spiro atoms. The molecule has 5 aromatic rings. The van der Waals surface area contributed by atoms with E-state index in [2.05, 4.69) is 4.98 Å². The maximum Gasteiger partial charge on any atom is 0.280 e. The molecule has 0 radical (unpaired) electrons. The highest BCUT2D eigenvalue weighted by Crippen LogP contribution is 2.35. The van der Waals surface area contributed by atoms with Crippen LogP contribution in [0.15, 0.2) is 103 Å². The summed E-state index contributed by atoms with van der Waals surface area (Å²) in [6.07, 6.45) is 0. The van der Waals surface area contributed by atoms with Gasteiger partial charge in [-0.1, -0.05) is 66.7 Å². The molecule has 0 bridgehead atoms. The summed E-state index contributed by atoms with van der Waals surface area (Å²) in [5, 5.41) is 11.6. The van der Waals surface area contributed by atoms with Gasteiger partial charge in [0.15, 0.2) is 5.78 Å². The number of carbonyl (C=O) groups is 1. The van der Waals surface area contributed by atoms with E-state index < -0.39 is 10.7 Å². The molecule has 1 N–H and O–H groups in total. The standard InChI is InChI=1S/C28H18FN3O3/c29-22-16-14-21(15-17-22)27(33)20-12-10-19(11-13-20)26-25(18-6-2-1-3-7-18)30-28(31-26)23-8-4-5-9-24(23)32(34)35/h1-17H,(H,30,31). The zero-order valence-corrected chi connectivity index (χ0v) is 18.3. The molecule has 6 nitrogen and oxygen atoms in total. The van der Waals surface area contributed by atoms with Crippen molar-refractivity contribution >= 4 is 11.5 Å². The summed E-state index contributed by atoms with van der Waals surface area (Å²) in [6.45, 7) is 0. The van der Waals surface area contributed by atoms with E-state index in [0.29, 0.717) is 33.9 Å². The second kappa shape index (κ2) is 9.15. The van der Waals surface area contributed by atoms with Crippen molar-refractivity contribution in [1.29, 1.82) is 0 Å². The van der Waals surface area contributed by atoms with Crippen LogP contribution in [0.4, 0.5) is 10.1 Å². The Morgan fingerprint density at radius 2 is 1.37 bits per heavy atom. The third-order valence-corrected chi connectivity index (χ3v) is 5.65. The van der Waals surface area contributed by atoms with E-state index in [0.717, 1.165) is 11.1 Å². The van der Waals surface area contributed by atoms with Gasteiger partial charge in [-0.2, -0.15) is 0 Å². The van der Waals surface area contributed by atoms with E-state index in [-0.39, 0.29) is 11.5 Å². The Morgan fingerprint density at radius 3 is 2.03 bits per heavy atom. The van der Waals surface area contributed by atoms with Crippen molar-refractivity contribution in [3.63, 3.8) is 0 Å². The number of nitro groups is 1. The van der Waals surface area contributed by atoms with Crippen molar-refractivity contribution in [2.75, 3.05) is 0 Å². The highest BCUT2D eigenvalue weighted by molar-refractivity contribution is 6.09. The van der Waals surface area contributed by atoms with Gasteiger partial charge in [0, 0.05) is 28.3 Å². The minimum atomic E-state index is -0.435. The second-order valence-electron chi connectivity index (χ2n) is 7.86. The van der Waals surface area contributed by atoms with Gasteiger partial charge in [-0.05, 0) is 30.3 Å². The van der Waals surface area contributed by atoms with Crippen molar-refractivity contribution in [1.82, 2.24) is 9.97 Å². The molecule has 0 fully saturated rings. The number of aromatic nitrogens is 2. The van der Waals surface area contributed by atoms with Crippen molar-refractivity contribution < 1.29 is 14.1 Å². The van der Waals surface area contributed by atoms with Crippen LogP contribution in [0.1, 0.15) is 15.9 Å². The lowest BCUT2D eigenvalue weighted by molar-refractivity contribution is -0.384. The van der Waals surface area contributed by atoms with Gasteiger partial charge in [0.2, 0.25) is 0 Å². The number of para-hydroxylation sites is 1. The predicted octanol–water partition coefficient (Wildman–Crippen LogP) is 6.69. The van der Waals surface area contributed by atoms with Crippen molar-refractivity contribution in [3.05, 3.63) is 130 Å². The van der Waals surface area contributed by atoms with Gasteiger partial charge in [-0.25, -0.2) is 9.37 Å². The van der Waals surface area contributed by atoms with E-state index >= 15 is 0 Å². The zero-order chi connectivity index (χ0) is 24.4. The molecule has 170 valence electrons. The van der Waals surface area contributed by atoms with Gasteiger partial charge < -0.3 is 4.98 Å². The summed E-state index contributed by atoms with van der Waals surface area (Å²) >= 11 is 0. The average molecular weight is 463 g/mol. The fourth-order valence-corrected chi connectivity index (χ4v) is 3.90. The van der Waals surface area contributed by atoms with Gasteiger partial charge in [0.05, 0.1) is 21.9 Å². The fraction of sp³-hybridized carbons (Fsp3) is 0. The maximum absolute atomic E-state index is 13.2. The Kier molecular flexibility index (Phi) is 5.73. The van der Waals surface area contributed by atoms with Crippen LogP contribution in [0, 0.1) is 15.9 Å². The number of benzene rings is 4. The first kappa shape index (κ1) is 21.9. The summed E-state index contributed by atoms with van der Waals surface area (Å²) in [5.74, 6) is -0.248. The van der Waals surface area contributed by atoms with Crippen molar-refractivity contribution in [2.24, 2.45) is 0 Å². The van der Waals surface area contributed by atoms with Crippen LogP contribution in [0.25, 0.3) is 33.9 Å². The average Bonchev–Trinajstić information content (AvgIpc) is 3.35. The molecular formula is C28H18FN3O3. The molecule has 0 saturated carbocycles. The summed E-state index contributed by atoms with van der Waals surface area (Å²) in [4.78, 5) is 31.9. The molecule has 0 aliphatic carbocycles. The number of ketones is 1. The zero-order valence-electron chi connectivity index (χ0n) is 18.3. The third-order valence-electron chi connectivity index (χ3n) is 5.65. The smallest absolute Gasteiger partial charge is 0.280 e. The van der Waals surface area contributed by atoms with Crippen LogP contribution in [-0.2, 0) is 0 Å². The number of nitrogens with zero attached hydrogens (tertiary/aromatic N) is 2. The lowest BCUT2D eigenvalue weighted by atomic mass is 10.00. The minimum Gasteiger partial charge on any atom is -0.337 e. The highest BCUT2D eigenvalue weighted by atomic mass is 19.1. The number of nitro benzene ring substituents is 1. The Hall–Kier alpha value is -4.91. The second-order valence-corrected chi connectivity index (χ2v) is 7.86. The number of H-pyrrole nitrogens is 1. The normalized spacial score (nSPS) is 10.8. The molecule has 7 heteroatoms. The molecule has 0 amide bonds. The monoisotopic (exact) mass is 463 g/mol. The van der Waals surface area contributed by atoms with Gasteiger partial charge >= 0.3 is 0 Å². The van der Waals surface area contributed by atoms with Crippen LogP contribution in [0.3, 0.4) is 0 Å². The lowest BCUT2D eigenvalue weighted by Gasteiger charge is -2.06. The molecular weight excluding hydrogens is 445 g/mol. The Labute approximate surface area is 199 Å². The van der Waals surface area contributed by atoms with Crippen LogP contribution >= 0.6 is 0 Å². The lowest BCUT2D eigenvalue weighted by Crippen LogP contribution is -2.01. The van der Waals surface area contributed by atoms with Gasteiger partial charge in [-0.15, -0.1) is 0 Å². The number of imidazole rings is 1. The molecule has 5 rings (SSSR count). The molecule has 0 aliphatic rings. The Bertz CT molecular complexity index is 1530. The van der Waals surface area contributed by atoms with Crippen LogP contribution < -0.4 is 0 Å². The van der Waals surface area contributed by atoms with Gasteiger partial charge in [0.25, 0.3) is 5.69 Å². The molecule has 1 aromatic heterocycles. The topological polar surface area (TPSA) is 88.9 Å². The predicted molar refractivity (Wildman–Crippen MR) is 131 cm³/mol. The number of carbonyl (C=O) groups excluding carboxylic acids is 1. The number of rotatable bonds is 6. The van der Waals surface area contributed by atoms with Crippen LogP contribution in [0.2, 0.25) is 0 Å². The van der Waals surface area contributed by atoms with E-state index in [1.165, 1.54) is 30.3 Å². The Balaban J connectivity index is 1.58. The number of halogens is 1. The fourth-order valence-electron chi connectivity index (χ4n) is 3.90. The molecule has 0 aliphatic heterocycles. The molecule has 0 unspecified atom stereocenters. The SMILES string of the molecule is O=C(c1ccc(F)cc1)c1ccc(-c2[nH]c(-c3ccccc3[N+](=O)[O-])nc2-c2ccccc2)cc1. The summed E-state index contributed by atoms with van der Waals surface area (Å²) in [5.41, 5.74) is 4.09. The first-order valence-electron chi connectivity index (χ1n) is 10.8. The molecule has 35 heavy (non-hydrogen) atoms. The number of nitrogens with one attached hydrogen (secondary N) is 1. The van der Waals surface area contributed by atoms with E-state index in [1.807, 2.05) is 30.3 Å². The van der Waals surface area contributed by atoms with Gasteiger partial charge in [0.1, 0.15) is 11.6 Å². The van der Waals surface area contributed by atoms with E-state index in [4.69, 9.17) is 4.98 Å². The molecule has 4 aromatic carbocycles. The summed E-state index contributed by atoms with van der Waals surface area (Å²) < 4.78 is 13.2. The summed E-state index contributed by atoms with van der Waals surface area (Å²) in [7, 11) is 0. The van der Waals surface area contributed by atoms with Crippen LogP contribution in [0.5, 0.6) is 0 Å². The number of hydrogen-bond donors (Lipinski definition) is 1. The van der Waals surface area contributed by atoms with Crippen molar-refractivity contribution in [3.8, 4) is 33.9 Å². The highest BCUT2D eigenvalue weighted by Gasteiger charge is 2.21. The van der Waals surface area contributed by atoms with E-state index in [9.17, 15) is 19.3 Å². The third kappa shape index (κ3) is 4.35. The van der Waals surface area contributed by atoms with Crippen LogP contribution in [-0.4, -0.2) is 20.7 Å². The number of aromatic amines is 1. The van der Waals surface area contributed by atoms with E-state index in [1.54, 1.807) is 42.5 Å². The van der Waals surface area contributed by atoms with Gasteiger partial charge in [-0.3, -0.25) is 14.9 Å². The first-order valence-corrected chi connectivity index (χ1v) is 10.8. The molecule has 0 saturated heterocycles.